The third kappa shape index (κ3) is 3.52. The quantitative estimate of drug-likeness (QED) is 0.718. The number of aromatic nitrogens is 1. The zero-order valence-corrected chi connectivity index (χ0v) is 14.7. The SMILES string of the molecule is O=C(C(Cc1cccnc1)c1ccccc1)N1CCc2ccccc2C1. The summed E-state index contributed by atoms with van der Waals surface area (Å²) >= 11 is 0. The topological polar surface area (TPSA) is 33.2 Å². The van der Waals surface area contributed by atoms with Crippen LogP contribution in [0.3, 0.4) is 0 Å². The summed E-state index contributed by atoms with van der Waals surface area (Å²) in [5, 5.41) is 0. The third-order valence-corrected chi connectivity index (χ3v) is 5.10. The van der Waals surface area contributed by atoms with Crippen molar-refractivity contribution in [2.45, 2.75) is 25.3 Å². The van der Waals surface area contributed by atoms with Crippen molar-refractivity contribution in [3.8, 4) is 0 Å². The van der Waals surface area contributed by atoms with Crippen LogP contribution in [0.5, 0.6) is 0 Å². The molecule has 3 nitrogen and oxygen atoms in total. The van der Waals surface area contributed by atoms with E-state index >= 15 is 0 Å². The summed E-state index contributed by atoms with van der Waals surface area (Å²) in [6.45, 7) is 1.48. The highest BCUT2D eigenvalue weighted by Gasteiger charge is 2.28. The summed E-state index contributed by atoms with van der Waals surface area (Å²) in [4.78, 5) is 19.6. The van der Waals surface area contributed by atoms with Crippen LogP contribution in [0.25, 0.3) is 0 Å². The Morgan fingerprint density at radius 3 is 2.50 bits per heavy atom. The van der Waals surface area contributed by atoms with Crippen LogP contribution in [-0.4, -0.2) is 22.3 Å². The number of carbonyl (C=O) groups excluding carboxylic acids is 1. The van der Waals surface area contributed by atoms with Crippen LogP contribution >= 0.6 is 0 Å². The Morgan fingerprint density at radius 1 is 0.962 bits per heavy atom. The lowest BCUT2D eigenvalue weighted by atomic mass is 9.90. The Kier molecular flexibility index (Phi) is 4.78. The first kappa shape index (κ1) is 16.5. The van der Waals surface area contributed by atoms with E-state index in [1.807, 2.05) is 41.4 Å². The Balaban J connectivity index is 1.60. The average molecular weight is 342 g/mol. The van der Waals surface area contributed by atoms with Gasteiger partial charge >= 0.3 is 0 Å². The highest BCUT2D eigenvalue weighted by atomic mass is 16.2. The van der Waals surface area contributed by atoms with Gasteiger partial charge in [0.1, 0.15) is 0 Å². The minimum atomic E-state index is -0.175. The lowest BCUT2D eigenvalue weighted by molar-refractivity contribution is -0.133. The summed E-state index contributed by atoms with van der Waals surface area (Å²) in [6, 6.07) is 22.5. The number of pyridine rings is 1. The van der Waals surface area contributed by atoms with Gasteiger partial charge in [0.2, 0.25) is 5.91 Å². The van der Waals surface area contributed by atoms with Gasteiger partial charge < -0.3 is 4.90 Å². The second kappa shape index (κ2) is 7.52. The van der Waals surface area contributed by atoms with Crippen LogP contribution in [-0.2, 0) is 24.2 Å². The highest BCUT2D eigenvalue weighted by molar-refractivity contribution is 5.84. The fraction of sp³-hybridized carbons (Fsp3) is 0.217. The van der Waals surface area contributed by atoms with E-state index in [-0.39, 0.29) is 11.8 Å². The number of benzene rings is 2. The molecule has 1 aliphatic rings. The van der Waals surface area contributed by atoms with Crippen LogP contribution in [0.1, 0.15) is 28.2 Å². The van der Waals surface area contributed by atoms with Crippen LogP contribution in [0.4, 0.5) is 0 Å². The third-order valence-electron chi connectivity index (χ3n) is 5.10. The number of hydrogen-bond donors (Lipinski definition) is 0. The van der Waals surface area contributed by atoms with Crippen molar-refractivity contribution in [2.24, 2.45) is 0 Å². The lowest BCUT2D eigenvalue weighted by Crippen LogP contribution is -2.39. The van der Waals surface area contributed by atoms with E-state index in [1.54, 1.807) is 6.20 Å². The van der Waals surface area contributed by atoms with Crippen molar-refractivity contribution in [3.05, 3.63) is 101 Å². The van der Waals surface area contributed by atoms with Gasteiger partial charge in [-0.1, -0.05) is 60.7 Å². The van der Waals surface area contributed by atoms with Crippen molar-refractivity contribution in [1.82, 2.24) is 9.88 Å². The fourth-order valence-corrected chi connectivity index (χ4v) is 3.69. The van der Waals surface area contributed by atoms with E-state index in [0.717, 1.165) is 24.1 Å². The van der Waals surface area contributed by atoms with Crippen LogP contribution < -0.4 is 0 Å². The molecule has 0 fully saturated rings. The molecule has 1 atom stereocenters. The smallest absolute Gasteiger partial charge is 0.230 e. The molecule has 4 rings (SSSR count). The van der Waals surface area contributed by atoms with E-state index in [0.29, 0.717) is 13.0 Å². The fourth-order valence-electron chi connectivity index (χ4n) is 3.69. The average Bonchev–Trinajstić information content (AvgIpc) is 2.72. The maximum Gasteiger partial charge on any atom is 0.230 e. The molecule has 26 heavy (non-hydrogen) atoms. The molecule has 0 bridgehead atoms. The maximum atomic E-state index is 13.4. The molecule has 0 saturated heterocycles. The van der Waals surface area contributed by atoms with Crippen molar-refractivity contribution in [2.75, 3.05) is 6.54 Å². The van der Waals surface area contributed by atoms with Gasteiger partial charge in [-0.3, -0.25) is 9.78 Å². The molecule has 3 heteroatoms. The lowest BCUT2D eigenvalue weighted by Gasteiger charge is -2.32. The molecule has 1 aromatic heterocycles. The molecule has 3 aromatic rings. The number of amides is 1. The number of nitrogens with zero attached hydrogens (tertiary/aromatic N) is 2. The molecule has 2 aromatic carbocycles. The number of carbonyl (C=O) groups is 1. The van der Waals surface area contributed by atoms with Crippen LogP contribution in [0.2, 0.25) is 0 Å². The van der Waals surface area contributed by atoms with Crippen molar-refractivity contribution >= 4 is 5.91 Å². The molecular weight excluding hydrogens is 320 g/mol. The molecule has 0 aliphatic carbocycles. The predicted molar refractivity (Wildman–Crippen MR) is 103 cm³/mol. The zero-order valence-electron chi connectivity index (χ0n) is 14.7. The van der Waals surface area contributed by atoms with E-state index < -0.39 is 0 Å². The van der Waals surface area contributed by atoms with Crippen molar-refractivity contribution in [3.63, 3.8) is 0 Å². The summed E-state index contributed by atoms with van der Waals surface area (Å²) in [5.74, 6) is 0.0280. The van der Waals surface area contributed by atoms with Crippen LogP contribution in [0, 0.1) is 0 Å². The molecular formula is C23H22N2O. The van der Waals surface area contributed by atoms with Crippen LogP contribution in [0.15, 0.2) is 79.1 Å². The molecule has 130 valence electrons. The van der Waals surface area contributed by atoms with E-state index in [4.69, 9.17) is 0 Å². The van der Waals surface area contributed by atoms with Gasteiger partial charge in [0.25, 0.3) is 0 Å². The first-order chi connectivity index (χ1) is 12.8. The Morgan fingerprint density at radius 2 is 1.73 bits per heavy atom. The molecule has 0 saturated carbocycles. The van der Waals surface area contributed by atoms with Crippen molar-refractivity contribution < 1.29 is 4.79 Å². The maximum absolute atomic E-state index is 13.4. The van der Waals surface area contributed by atoms with Gasteiger partial charge in [-0.25, -0.2) is 0 Å². The first-order valence-electron chi connectivity index (χ1n) is 9.10. The molecule has 0 radical (unpaired) electrons. The number of rotatable bonds is 4. The monoisotopic (exact) mass is 342 g/mol. The molecule has 2 heterocycles. The molecule has 0 N–H and O–H groups in total. The van der Waals surface area contributed by atoms with Gasteiger partial charge in [0, 0.05) is 25.5 Å². The number of hydrogen-bond acceptors (Lipinski definition) is 2. The van der Waals surface area contributed by atoms with E-state index in [1.165, 1.54) is 11.1 Å². The van der Waals surface area contributed by atoms with Gasteiger partial charge in [0.15, 0.2) is 0 Å². The highest BCUT2D eigenvalue weighted by Crippen LogP contribution is 2.27. The van der Waals surface area contributed by atoms with Gasteiger partial charge in [0.05, 0.1) is 5.92 Å². The number of fused-ring (bicyclic) bond motifs is 1. The first-order valence-corrected chi connectivity index (χ1v) is 9.10. The standard InChI is InChI=1S/C23H22N2O/c26-23(25-14-12-19-8-4-5-11-21(19)17-25)22(20-9-2-1-3-10-20)15-18-7-6-13-24-16-18/h1-11,13,16,22H,12,14-15,17H2. The van der Waals surface area contributed by atoms with Crippen molar-refractivity contribution in [1.29, 1.82) is 0 Å². The second-order valence-corrected chi connectivity index (χ2v) is 6.81. The van der Waals surface area contributed by atoms with E-state index in [9.17, 15) is 4.79 Å². The summed E-state index contributed by atoms with van der Waals surface area (Å²) < 4.78 is 0. The molecule has 1 unspecified atom stereocenters. The Bertz CT molecular complexity index is 877. The predicted octanol–water partition coefficient (Wildman–Crippen LogP) is 3.99. The summed E-state index contributed by atoms with van der Waals surface area (Å²) in [5.41, 5.74) is 4.78. The van der Waals surface area contributed by atoms with Gasteiger partial charge in [-0.2, -0.15) is 0 Å². The van der Waals surface area contributed by atoms with E-state index in [2.05, 4.69) is 41.4 Å². The Labute approximate surface area is 154 Å². The molecule has 1 aliphatic heterocycles. The normalized spacial score (nSPS) is 14.5. The minimum Gasteiger partial charge on any atom is -0.337 e. The second-order valence-electron chi connectivity index (χ2n) is 6.81. The minimum absolute atomic E-state index is 0.175. The van der Waals surface area contributed by atoms with Gasteiger partial charge in [-0.05, 0) is 41.2 Å². The molecule has 1 amide bonds. The Hall–Kier alpha value is -2.94. The summed E-state index contributed by atoms with van der Waals surface area (Å²) in [6.07, 6.45) is 5.23. The largest absolute Gasteiger partial charge is 0.337 e. The zero-order chi connectivity index (χ0) is 17.8. The van der Waals surface area contributed by atoms with Gasteiger partial charge in [-0.15, -0.1) is 0 Å². The summed E-state index contributed by atoms with van der Waals surface area (Å²) in [7, 11) is 0. The molecule has 0 spiro atoms.